The minimum Gasteiger partial charge on any atom is -0.491 e. The standard InChI is InChI=1S/C26H37NO3/c1-7-24(30-23-16-12-21(13-17-23)26(4,5)6)25(28)27-18-8-9-20-10-14-22(15-11-20)29-19(2)3/h10-17,19,24H,7-9,18H2,1-6H3,(H,27,28). The van der Waals surface area contributed by atoms with Crippen LogP contribution in [0, 0.1) is 0 Å². The molecule has 1 unspecified atom stereocenters. The van der Waals surface area contributed by atoms with Gasteiger partial charge in [0.1, 0.15) is 11.5 Å². The number of rotatable bonds is 10. The number of hydrogen-bond donors (Lipinski definition) is 1. The first-order valence-corrected chi connectivity index (χ1v) is 11.0. The van der Waals surface area contributed by atoms with Gasteiger partial charge in [-0.05, 0) is 73.9 Å². The van der Waals surface area contributed by atoms with E-state index in [0.29, 0.717) is 13.0 Å². The van der Waals surface area contributed by atoms with Crippen molar-refractivity contribution in [2.24, 2.45) is 0 Å². The third-order valence-electron chi connectivity index (χ3n) is 4.90. The lowest BCUT2D eigenvalue weighted by Gasteiger charge is -2.21. The van der Waals surface area contributed by atoms with Crippen molar-refractivity contribution in [1.29, 1.82) is 0 Å². The lowest BCUT2D eigenvalue weighted by Crippen LogP contribution is -2.38. The number of carbonyl (C=O) groups excluding carboxylic acids is 1. The smallest absolute Gasteiger partial charge is 0.261 e. The molecular formula is C26H37NO3. The van der Waals surface area contributed by atoms with Crippen LogP contribution in [0.2, 0.25) is 0 Å². The molecule has 0 radical (unpaired) electrons. The molecule has 0 saturated heterocycles. The van der Waals surface area contributed by atoms with E-state index in [1.165, 1.54) is 11.1 Å². The minimum absolute atomic E-state index is 0.0573. The summed E-state index contributed by atoms with van der Waals surface area (Å²) >= 11 is 0. The average Bonchev–Trinajstić information content (AvgIpc) is 2.69. The summed E-state index contributed by atoms with van der Waals surface area (Å²) in [6.07, 6.45) is 2.12. The lowest BCUT2D eigenvalue weighted by molar-refractivity contribution is -0.128. The highest BCUT2D eigenvalue weighted by atomic mass is 16.5. The maximum atomic E-state index is 12.5. The van der Waals surface area contributed by atoms with E-state index in [9.17, 15) is 4.79 Å². The first-order valence-electron chi connectivity index (χ1n) is 11.0. The number of hydrogen-bond acceptors (Lipinski definition) is 3. The number of ether oxygens (including phenoxy) is 2. The molecule has 2 aromatic carbocycles. The molecule has 30 heavy (non-hydrogen) atoms. The number of carbonyl (C=O) groups is 1. The maximum absolute atomic E-state index is 12.5. The molecule has 1 atom stereocenters. The fourth-order valence-corrected chi connectivity index (χ4v) is 3.14. The van der Waals surface area contributed by atoms with E-state index in [2.05, 4.69) is 50.4 Å². The summed E-state index contributed by atoms with van der Waals surface area (Å²) in [6.45, 7) is 13.2. The Morgan fingerprint density at radius 2 is 1.50 bits per heavy atom. The Kier molecular flexibility index (Phi) is 8.76. The van der Waals surface area contributed by atoms with E-state index in [1.807, 2.05) is 45.0 Å². The second-order valence-corrected chi connectivity index (χ2v) is 8.99. The van der Waals surface area contributed by atoms with E-state index >= 15 is 0 Å². The highest BCUT2D eigenvalue weighted by Gasteiger charge is 2.19. The fraction of sp³-hybridized carbons (Fsp3) is 0.500. The Balaban J connectivity index is 1.77. The molecule has 0 aliphatic rings. The van der Waals surface area contributed by atoms with Crippen LogP contribution in [-0.2, 0) is 16.6 Å². The van der Waals surface area contributed by atoms with Crippen LogP contribution in [0.5, 0.6) is 11.5 Å². The number of amides is 1. The van der Waals surface area contributed by atoms with Gasteiger partial charge in [-0.1, -0.05) is 52.0 Å². The number of benzene rings is 2. The molecule has 0 aliphatic carbocycles. The second kappa shape index (κ2) is 11.1. The van der Waals surface area contributed by atoms with E-state index in [1.54, 1.807) is 0 Å². The summed E-state index contributed by atoms with van der Waals surface area (Å²) in [6, 6.07) is 16.2. The van der Waals surface area contributed by atoms with Gasteiger partial charge in [0.05, 0.1) is 6.10 Å². The van der Waals surface area contributed by atoms with Gasteiger partial charge in [0.15, 0.2) is 6.10 Å². The predicted octanol–water partition coefficient (Wildman–Crippen LogP) is 5.68. The van der Waals surface area contributed by atoms with Crippen LogP contribution >= 0.6 is 0 Å². The summed E-state index contributed by atoms with van der Waals surface area (Å²) < 4.78 is 11.6. The molecule has 1 N–H and O–H groups in total. The Bertz CT molecular complexity index is 773. The van der Waals surface area contributed by atoms with Crippen LogP contribution in [0.4, 0.5) is 0 Å². The summed E-state index contributed by atoms with van der Waals surface area (Å²) in [5.41, 5.74) is 2.58. The van der Waals surface area contributed by atoms with E-state index in [-0.39, 0.29) is 17.4 Å². The van der Waals surface area contributed by atoms with Crippen molar-refractivity contribution in [1.82, 2.24) is 5.32 Å². The molecule has 0 bridgehead atoms. The normalized spacial score (nSPS) is 12.5. The van der Waals surface area contributed by atoms with Crippen LogP contribution in [0.15, 0.2) is 48.5 Å². The zero-order valence-electron chi connectivity index (χ0n) is 19.3. The largest absolute Gasteiger partial charge is 0.491 e. The summed E-state index contributed by atoms with van der Waals surface area (Å²) in [5, 5.41) is 3.01. The van der Waals surface area contributed by atoms with Crippen molar-refractivity contribution in [3.8, 4) is 11.5 Å². The van der Waals surface area contributed by atoms with Crippen molar-refractivity contribution < 1.29 is 14.3 Å². The first-order chi connectivity index (χ1) is 14.2. The molecule has 0 saturated carbocycles. The van der Waals surface area contributed by atoms with Gasteiger partial charge < -0.3 is 14.8 Å². The van der Waals surface area contributed by atoms with Gasteiger partial charge in [-0.2, -0.15) is 0 Å². The summed E-state index contributed by atoms with van der Waals surface area (Å²) in [4.78, 5) is 12.5. The molecule has 1 amide bonds. The monoisotopic (exact) mass is 411 g/mol. The zero-order valence-corrected chi connectivity index (χ0v) is 19.3. The van der Waals surface area contributed by atoms with E-state index < -0.39 is 6.10 Å². The van der Waals surface area contributed by atoms with Crippen LogP contribution in [0.25, 0.3) is 0 Å². The van der Waals surface area contributed by atoms with Gasteiger partial charge in [-0.15, -0.1) is 0 Å². The molecular weight excluding hydrogens is 374 g/mol. The number of nitrogens with one attached hydrogen (secondary N) is 1. The van der Waals surface area contributed by atoms with Gasteiger partial charge in [-0.3, -0.25) is 4.79 Å². The van der Waals surface area contributed by atoms with E-state index in [0.717, 1.165) is 24.3 Å². The molecule has 4 nitrogen and oxygen atoms in total. The van der Waals surface area contributed by atoms with Crippen molar-refractivity contribution in [3.05, 3.63) is 59.7 Å². The molecule has 0 aliphatic heterocycles. The molecule has 0 heterocycles. The van der Waals surface area contributed by atoms with Gasteiger partial charge in [0.2, 0.25) is 0 Å². The maximum Gasteiger partial charge on any atom is 0.261 e. The predicted molar refractivity (Wildman–Crippen MR) is 123 cm³/mol. The van der Waals surface area contributed by atoms with Gasteiger partial charge in [0, 0.05) is 6.54 Å². The molecule has 0 spiro atoms. The lowest BCUT2D eigenvalue weighted by atomic mass is 9.87. The topological polar surface area (TPSA) is 47.6 Å². The van der Waals surface area contributed by atoms with Crippen molar-refractivity contribution in [2.75, 3.05) is 6.54 Å². The molecule has 2 rings (SSSR count). The number of aryl methyl sites for hydroxylation is 1. The zero-order chi connectivity index (χ0) is 22.1. The minimum atomic E-state index is -0.474. The Labute approximate surface area is 182 Å². The van der Waals surface area contributed by atoms with Gasteiger partial charge in [0.25, 0.3) is 5.91 Å². The van der Waals surface area contributed by atoms with Gasteiger partial charge >= 0.3 is 0 Å². The van der Waals surface area contributed by atoms with Crippen LogP contribution in [-0.4, -0.2) is 24.7 Å². The SMILES string of the molecule is CCC(Oc1ccc(C(C)(C)C)cc1)C(=O)NCCCc1ccc(OC(C)C)cc1. The second-order valence-electron chi connectivity index (χ2n) is 8.99. The molecule has 4 heteroatoms. The highest BCUT2D eigenvalue weighted by Crippen LogP contribution is 2.25. The Morgan fingerprint density at radius 1 is 0.933 bits per heavy atom. The molecule has 164 valence electrons. The molecule has 0 fully saturated rings. The Morgan fingerprint density at radius 3 is 2.03 bits per heavy atom. The van der Waals surface area contributed by atoms with E-state index in [4.69, 9.17) is 9.47 Å². The summed E-state index contributed by atoms with van der Waals surface area (Å²) in [5.74, 6) is 1.56. The summed E-state index contributed by atoms with van der Waals surface area (Å²) in [7, 11) is 0. The molecule has 0 aromatic heterocycles. The Hall–Kier alpha value is -2.49. The van der Waals surface area contributed by atoms with Crippen LogP contribution < -0.4 is 14.8 Å². The molecule has 2 aromatic rings. The van der Waals surface area contributed by atoms with Crippen molar-refractivity contribution in [3.63, 3.8) is 0 Å². The van der Waals surface area contributed by atoms with Crippen molar-refractivity contribution >= 4 is 5.91 Å². The quantitative estimate of drug-likeness (QED) is 0.512. The average molecular weight is 412 g/mol. The van der Waals surface area contributed by atoms with Gasteiger partial charge in [-0.25, -0.2) is 0 Å². The third kappa shape index (κ3) is 7.74. The van der Waals surface area contributed by atoms with Crippen LogP contribution in [0.3, 0.4) is 0 Å². The van der Waals surface area contributed by atoms with Crippen molar-refractivity contribution in [2.45, 2.75) is 78.4 Å². The third-order valence-corrected chi connectivity index (χ3v) is 4.90. The first kappa shape index (κ1) is 23.8. The highest BCUT2D eigenvalue weighted by molar-refractivity contribution is 5.81. The fourth-order valence-electron chi connectivity index (χ4n) is 3.14. The van der Waals surface area contributed by atoms with Crippen LogP contribution in [0.1, 0.15) is 65.5 Å².